The Hall–Kier alpha value is -3.55. The molecule has 8 heteroatoms. The molecular formula is C25H25F3N4O. The lowest BCUT2D eigenvalue weighted by molar-refractivity contribution is -0.0919. The van der Waals surface area contributed by atoms with Crippen molar-refractivity contribution in [2.24, 2.45) is 16.6 Å². The van der Waals surface area contributed by atoms with Crippen molar-refractivity contribution in [3.63, 3.8) is 0 Å². The van der Waals surface area contributed by atoms with Crippen LogP contribution in [0.15, 0.2) is 87.5 Å². The topological polar surface area (TPSA) is 86.5 Å². The summed E-state index contributed by atoms with van der Waals surface area (Å²) in [6.45, 7) is 2.08. The van der Waals surface area contributed by atoms with Crippen molar-refractivity contribution in [3.8, 4) is 0 Å². The average Bonchev–Trinajstić information content (AvgIpc) is 3.19. The number of allylic oxidation sites excluding steroid dienone is 8. The van der Waals surface area contributed by atoms with E-state index in [4.69, 9.17) is 16.2 Å². The van der Waals surface area contributed by atoms with Crippen molar-refractivity contribution >= 4 is 17.7 Å². The monoisotopic (exact) mass is 454 g/mol. The van der Waals surface area contributed by atoms with E-state index in [-0.39, 0.29) is 18.1 Å². The molecule has 1 atom stereocenters. The molecule has 2 aliphatic carbocycles. The summed E-state index contributed by atoms with van der Waals surface area (Å²) in [7, 11) is 0. The molecule has 0 amide bonds. The molecule has 1 aliphatic heterocycles. The molecule has 3 aliphatic rings. The molecule has 1 aromatic rings. The van der Waals surface area contributed by atoms with Crippen molar-refractivity contribution in [3.05, 3.63) is 88.1 Å². The van der Waals surface area contributed by atoms with Crippen LogP contribution in [0.2, 0.25) is 0 Å². The van der Waals surface area contributed by atoms with Gasteiger partial charge in [0.25, 0.3) is 0 Å². The molecule has 0 aromatic carbocycles. The van der Waals surface area contributed by atoms with E-state index >= 15 is 0 Å². The van der Waals surface area contributed by atoms with Crippen LogP contribution in [0.3, 0.4) is 0 Å². The van der Waals surface area contributed by atoms with Gasteiger partial charge in [-0.05, 0) is 79.3 Å². The lowest BCUT2D eigenvalue weighted by atomic mass is 9.82. The number of rotatable bonds is 5. The van der Waals surface area contributed by atoms with Crippen LogP contribution >= 0.6 is 0 Å². The second-order valence-corrected chi connectivity index (χ2v) is 8.29. The van der Waals surface area contributed by atoms with E-state index in [0.29, 0.717) is 23.6 Å². The standard InChI is InChI=1S/C25H25F3N4O/c1-15-2-6-17(7-3-15)18-10-19-11-20(33-24(19)21(12-18)25(26,27)28)14-32-23(30)9-5-16-4-8-22(29)31-13-16/h2,4-6,8-9,11-13,19H,3,7,10,14H2,1H3,(H2,29,31)(H2,30,32). The third kappa shape index (κ3) is 5.45. The Labute approximate surface area is 190 Å². The maximum absolute atomic E-state index is 13.8. The Balaban J connectivity index is 1.50. The van der Waals surface area contributed by atoms with Gasteiger partial charge >= 0.3 is 6.18 Å². The molecule has 172 valence electrons. The number of fused-ring (bicyclic) bond motifs is 1. The second-order valence-electron chi connectivity index (χ2n) is 8.29. The van der Waals surface area contributed by atoms with Crippen LogP contribution in [0, 0.1) is 5.92 Å². The van der Waals surface area contributed by atoms with Gasteiger partial charge in [-0.3, -0.25) is 4.99 Å². The first-order valence-electron chi connectivity index (χ1n) is 10.7. The predicted octanol–water partition coefficient (Wildman–Crippen LogP) is 5.38. The minimum absolute atomic E-state index is 0.0540. The van der Waals surface area contributed by atoms with E-state index in [1.54, 1.807) is 36.6 Å². The van der Waals surface area contributed by atoms with Gasteiger partial charge in [0.15, 0.2) is 0 Å². The lowest BCUT2D eigenvalue weighted by Gasteiger charge is -2.25. The highest BCUT2D eigenvalue weighted by molar-refractivity contribution is 5.95. The third-order valence-corrected chi connectivity index (χ3v) is 5.74. The number of nitrogens with zero attached hydrogens (tertiary/aromatic N) is 2. The van der Waals surface area contributed by atoms with Gasteiger partial charge in [0.1, 0.15) is 23.2 Å². The molecule has 5 nitrogen and oxygen atoms in total. The van der Waals surface area contributed by atoms with Crippen LogP contribution in [0.5, 0.6) is 0 Å². The molecule has 0 fully saturated rings. The van der Waals surface area contributed by atoms with Crippen molar-refractivity contribution < 1.29 is 17.9 Å². The number of nitrogen functional groups attached to an aromatic ring is 1. The number of ether oxygens (including phenoxy) is 1. The first-order valence-corrected chi connectivity index (χ1v) is 10.7. The van der Waals surface area contributed by atoms with Gasteiger partial charge in [0.05, 0.1) is 12.1 Å². The number of alkyl halides is 3. The van der Waals surface area contributed by atoms with E-state index in [1.165, 1.54) is 11.6 Å². The predicted molar refractivity (Wildman–Crippen MR) is 124 cm³/mol. The molecular weight excluding hydrogens is 429 g/mol. The van der Waals surface area contributed by atoms with E-state index in [0.717, 1.165) is 24.0 Å². The Morgan fingerprint density at radius 2 is 2.06 bits per heavy atom. The third-order valence-electron chi connectivity index (χ3n) is 5.74. The van der Waals surface area contributed by atoms with Gasteiger partial charge in [0, 0.05) is 12.1 Å². The first kappa shape index (κ1) is 22.6. The molecule has 4 N–H and O–H groups in total. The number of hydrogen-bond donors (Lipinski definition) is 2. The molecule has 2 heterocycles. The molecule has 0 radical (unpaired) electrons. The zero-order chi connectivity index (χ0) is 23.6. The lowest BCUT2D eigenvalue weighted by Crippen LogP contribution is -2.20. The van der Waals surface area contributed by atoms with Gasteiger partial charge in [-0.2, -0.15) is 13.2 Å². The fourth-order valence-corrected chi connectivity index (χ4v) is 3.96. The van der Waals surface area contributed by atoms with Crippen LogP contribution < -0.4 is 11.5 Å². The summed E-state index contributed by atoms with van der Waals surface area (Å²) in [6, 6.07) is 3.45. The van der Waals surface area contributed by atoms with Crippen LogP contribution in [0.4, 0.5) is 19.0 Å². The molecule has 0 spiro atoms. The highest BCUT2D eigenvalue weighted by Crippen LogP contribution is 2.46. The average molecular weight is 454 g/mol. The number of nitrogens with two attached hydrogens (primary N) is 2. The SMILES string of the molecule is CC1=CC=C(C2=CC(C(F)(F)F)=C3OC(CN=C(N)C=Cc4ccc(N)nc4)=CC3C2)CC1. The number of aromatic nitrogens is 1. The number of pyridine rings is 1. The number of aliphatic imine (C=N–C) groups is 1. The number of hydrogen-bond acceptors (Lipinski definition) is 4. The van der Waals surface area contributed by atoms with E-state index in [2.05, 4.69) is 9.98 Å². The highest BCUT2D eigenvalue weighted by Gasteiger charge is 2.42. The molecule has 0 bridgehead atoms. The molecule has 4 rings (SSSR count). The van der Waals surface area contributed by atoms with Crippen molar-refractivity contribution in [1.29, 1.82) is 0 Å². The Morgan fingerprint density at radius 1 is 1.24 bits per heavy atom. The van der Waals surface area contributed by atoms with Crippen molar-refractivity contribution in [2.45, 2.75) is 32.4 Å². The summed E-state index contributed by atoms with van der Waals surface area (Å²) < 4.78 is 47.0. The minimum Gasteiger partial charge on any atom is -0.463 e. The Bertz CT molecular complexity index is 1150. The van der Waals surface area contributed by atoms with Crippen LogP contribution in [-0.2, 0) is 4.74 Å². The highest BCUT2D eigenvalue weighted by atomic mass is 19.4. The molecule has 0 saturated carbocycles. The normalized spacial score (nSPS) is 21.3. The van der Waals surface area contributed by atoms with Gasteiger partial charge in [-0.25, -0.2) is 4.98 Å². The Morgan fingerprint density at radius 3 is 2.73 bits per heavy atom. The summed E-state index contributed by atoms with van der Waals surface area (Å²) in [5.74, 6) is 0.492. The van der Waals surface area contributed by atoms with Gasteiger partial charge in [0.2, 0.25) is 0 Å². The molecule has 0 saturated heterocycles. The number of amidine groups is 1. The van der Waals surface area contributed by atoms with E-state index < -0.39 is 17.7 Å². The molecule has 1 aromatic heterocycles. The summed E-state index contributed by atoms with van der Waals surface area (Å²) in [5.41, 5.74) is 14.4. The van der Waals surface area contributed by atoms with E-state index in [1.807, 2.05) is 19.1 Å². The second kappa shape index (κ2) is 9.13. The largest absolute Gasteiger partial charge is 0.463 e. The van der Waals surface area contributed by atoms with Gasteiger partial charge in [-0.15, -0.1) is 0 Å². The van der Waals surface area contributed by atoms with Crippen LogP contribution in [0.25, 0.3) is 6.08 Å². The van der Waals surface area contributed by atoms with Crippen LogP contribution in [0.1, 0.15) is 31.7 Å². The maximum atomic E-state index is 13.8. The zero-order valence-electron chi connectivity index (χ0n) is 18.2. The van der Waals surface area contributed by atoms with Crippen molar-refractivity contribution in [1.82, 2.24) is 4.98 Å². The molecule has 1 unspecified atom stereocenters. The van der Waals surface area contributed by atoms with E-state index in [9.17, 15) is 13.2 Å². The fraction of sp³-hybridized carbons (Fsp3) is 0.280. The first-order chi connectivity index (χ1) is 15.7. The minimum atomic E-state index is -4.50. The Kier molecular flexibility index (Phi) is 6.26. The van der Waals surface area contributed by atoms with Gasteiger partial charge < -0.3 is 16.2 Å². The smallest absolute Gasteiger partial charge is 0.419 e. The number of halogens is 3. The quantitative estimate of drug-likeness (QED) is 0.462. The molecule has 33 heavy (non-hydrogen) atoms. The summed E-state index contributed by atoms with van der Waals surface area (Å²) in [5, 5.41) is 0. The fourth-order valence-electron chi connectivity index (χ4n) is 3.96. The maximum Gasteiger partial charge on any atom is 0.419 e. The van der Waals surface area contributed by atoms with Gasteiger partial charge in [-0.1, -0.05) is 17.7 Å². The summed E-state index contributed by atoms with van der Waals surface area (Å²) in [4.78, 5) is 8.22. The zero-order valence-corrected chi connectivity index (χ0v) is 18.2. The summed E-state index contributed by atoms with van der Waals surface area (Å²) in [6.07, 6.45) is 9.37. The van der Waals surface area contributed by atoms with Crippen molar-refractivity contribution in [2.75, 3.05) is 12.3 Å². The number of anilines is 1. The van der Waals surface area contributed by atoms with Crippen LogP contribution in [-0.4, -0.2) is 23.5 Å². The summed E-state index contributed by atoms with van der Waals surface area (Å²) >= 11 is 0.